The highest BCUT2D eigenvalue weighted by atomic mass is 16.2. The summed E-state index contributed by atoms with van der Waals surface area (Å²) in [6.45, 7) is 3.10. The average Bonchev–Trinajstić information content (AvgIpc) is 2.75. The minimum atomic E-state index is -0.399. The van der Waals surface area contributed by atoms with Gasteiger partial charge in [-0.3, -0.25) is 10.1 Å². The largest absolute Gasteiger partial charge is 0.335 e. The second kappa shape index (κ2) is 9.40. The van der Waals surface area contributed by atoms with Crippen molar-refractivity contribution >= 4 is 11.9 Å². The molecule has 1 aromatic carbocycles. The zero-order chi connectivity index (χ0) is 20.1. The predicted octanol–water partition coefficient (Wildman–Crippen LogP) is 4.04. The first kappa shape index (κ1) is 19.9. The van der Waals surface area contributed by atoms with E-state index < -0.39 is 6.03 Å². The van der Waals surface area contributed by atoms with Crippen LogP contribution in [0.15, 0.2) is 53.6 Å². The molecule has 3 aliphatic rings. The van der Waals surface area contributed by atoms with Crippen LogP contribution in [0, 0.1) is 5.92 Å². The van der Waals surface area contributed by atoms with Gasteiger partial charge in [0.25, 0.3) is 5.91 Å². The van der Waals surface area contributed by atoms with Crippen molar-refractivity contribution in [3.63, 3.8) is 0 Å². The smallest absolute Gasteiger partial charge is 0.321 e. The molecule has 1 heterocycles. The standard InChI is InChI=1S/C24H31N3O2/c28-23(20-7-2-1-3-8-20)26-24(29)25-22-12-14-27(15-13-22)17-18-10-11-19-6-4-5-9-21(19)16-18/h1-3,7-8,11,16,18,22H,4-6,9-10,12-15,17H2,(H2,25,26,28,29). The Kier molecular flexibility index (Phi) is 6.45. The molecular formula is C24H31N3O2. The summed E-state index contributed by atoms with van der Waals surface area (Å²) < 4.78 is 0. The molecule has 29 heavy (non-hydrogen) atoms. The van der Waals surface area contributed by atoms with E-state index in [1.807, 2.05) is 6.07 Å². The molecule has 0 spiro atoms. The summed E-state index contributed by atoms with van der Waals surface area (Å²) in [5.74, 6) is 0.268. The molecule has 5 nitrogen and oxygen atoms in total. The Morgan fingerprint density at radius 2 is 1.72 bits per heavy atom. The van der Waals surface area contributed by atoms with Crippen molar-refractivity contribution in [3.8, 4) is 0 Å². The quantitative estimate of drug-likeness (QED) is 0.812. The number of urea groups is 1. The Labute approximate surface area is 173 Å². The first-order chi connectivity index (χ1) is 14.2. The Hall–Kier alpha value is -2.40. The molecule has 2 aliphatic carbocycles. The number of rotatable bonds is 4. The van der Waals surface area contributed by atoms with Gasteiger partial charge in [-0.2, -0.15) is 0 Å². The maximum absolute atomic E-state index is 12.2. The summed E-state index contributed by atoms with van der Waals surface area (Å²) in [6, 6.07) is 8.55. The second-order valence-corrected chi connectivity index (χ2v) is 8.49. The molecule has 0 radical (unpaired) electrons. The summed E-state index contributed by atoms with van der Waals surface area (Å²) in [6.07, 6.45) is 13.2. The van der Waals surface area contributed by atoms with Gasteiger partial charge in [0.2, 0.25) is 0 Å². The maximum atomic E-state index is 12.2. The number of likely N-dealkylation sites (tertiary alicyclic amines) is 1. The second-order valence-electron chi connectivity index (χ2n) is 8.49. The number of piperidine rings is 1. The molecule has 5 heteroatoms. The lowest BCUT2D eigenvalue weighted by molar-refractivity contribution is 0.0961. The normalized spacial score (nSPS) is 22.8. The molecular weight excluding hydrogens is 362 g/mol. The number of benzene rings is 1. The van der Waals surface area contributed by atoms with Crippen LogP contribution in [-0.4, -0.2) is 42.5 Å². The molecule has 1 aliphatic heterocycles. The lowest BCUT2D eigenvalue weighted by Gasteiger charge is -2.35. The fourth-order valence-corrected chi connectivity index (χ4v) is 4.73. The van der Waals surface area contributed by atoms with E-state index in [4.69, 9.17) is 0 Å². The molecule has 2 N–H and O–H groups in total. The first-order valence-corrected chi connectivity index (χ1v) is 11.0. The molecule has 154 valence electrons. The number of carbonyl (C=O) groups is 2. The van der Waals surface area contributed by atoms with Crippen molar-refractivity contribution in [2.24, 2.45) is 5.92 Å². The summed E-state index contributed by atoms with van der Waals surface area (Å²) in [4.78, 5) is 26.8. The number of amides is 3. The van der Waals surface area contributed by atoms with Crippen LogP contribution in [0.4, 0.5) is 4.79 Å². The maximum Gasteiger partial charge on any atom is 0.321 e. The van der Waals surface area contributed by atoms with Gasteiger partial charge in [-0.1, -0.05) is 30.4 Å². The van der Waals surface area contributed by atoms with Gasteiger partial charge in [0.05, 0.1) is 0 Å². The lowest BCUT2D eigenvalue weighted by atomic mass is 9.81. The molecule has 3 amide bonds. The molecule has 1 aromatic rings. The number of hydrogen-bond acceptors (Lipinski definition) is 3. The van der Waals surface area contributed by atoms with E-state index in [0.717, 1.165) is 32.5 Å². The van der Waals surface area contributed by atoms with Gasteiger partial charge in [-0.15, -0.1) is 0 Å². The van der Waals surface area contributed by atoms with Gasteiger partial charge < -0.3 is 10.2 Å². The SMILES string of the molecule is O=C(NC(=O)c1ccccc1)NC1CCN(CC2C=C3CCCCC3=CC2)CC1. The van der Waals surface area contributed by atoms with Crippen LogP contribution in [0.5, 0.6) is 0 Å². The van der Waals surface area contributed by atoms with Crippen molar-refractivity contribution in [2.75, 3.05) is 19.6 Å². The van der Waals surface area contributed by atoms with Crippen LogP contribution in [0.2, 0.25) is 0 Å². The van der Waals surface area contributed by atoms with E-state index in [1.54, 1.807) is 35.4 Å². The van der Waals surface area contributed by atoms with Crippen molar-refractivity contribution in [2.45, 2.75) is 51.0 Å². The highest BCUT2D eigenvalue weighted by molar-refractivity contribution is 6.04. The van der Waals surface area contributed by atoms with Gasteiger partial charge in [0.15, 0.2) is 0 Å². The average molecular weight is 394 g/mol. The van der Waals surface area contributed by atoms with Gasteiger partial charge >= 0.3 is 6.03 Å². The topological polar surface area (TPSA) is 61.4 Å². The predicted molar refractivity (Wildman–Crippen MR) is 115 cm³/mol. The molecule has 1 unspecified atom stereocenters. The van der Waals surface area contributed by atoms with E-state index in [-0.39, 0.29) is 11.9 Å². The monoisotopic (exact) mass is 393 g/mol. The number of fused-ring (bicyclic) bond motifs is 1. The summed E-state index contributed by atoms with van der Waals surface area (Å²) >= 11 is 0. The number of allylic oxidation sites excluding steroid dienone is 3. The molecule has 1 atom stereocenters. The number of nitrogens with one attached hydrogen (secondary N) is 2. The van der Waals surface area contributed by atoms with Crippen molar-refractivity contribution in [3.05, 3.63) is 59.2 Å². The van der Waals surface area contributed by atoms with E-state index in [1.165, 1.54) is 32.1 Å². The highest BCUT2D eigenvalue weighted by Gasteiger charge is 2.25. The van der Waals surface area contributed by atoms with Crippen LogP contribution in [0.3, 0.4) is 0 Å². The summed E-state index contributed by atoms with van der Waals surface area (Å²) in [5.41, 5.74) is 3.70. The van der Waals surface area contributed by atoms with Crippen molar-refractivity contribution in [1.82, 2.24) is 15.5 Å². The number of hydrogen-bond donors (Lipinski definition) is 2. The van der Waals surface area contributed by atoms with Crippen molar-refractivity contribution < 1.29 is 9.59 Å². The Bertz CT molecular complexity index is 792. The fourth-order valence-electron chi connectivity index (χ4n) is 4.73. The van der Waals surface area contributed by atoms with Crippen LogP contribution >= 0.6 is 0 Å². The molecule has 2 fully saturated rings. The third-order valence-corrected chi connectivity index (χ3v) is 6.34. The molecule has 0 aromatic heterocycles. The lowest BCUT2D eigenvalue weighted by Crippen LogP contribution is -2.49. The Morgan fingerprint density at radius 3 is 2.48 bits per heavy atom. The zero-order valence-electron chi connectivity index (χ0n) is 17.0. The van der Waals surface area contributed by atoms with Gasteiger partial charge in [0, 0.05) is 31.2 Å². The summed E-state index contributed by atoms with van der Waals surface area (Å²) in [5, 5.41) is 5.39. The summed E-state index contributed by atoms with van der Waals surface area (Å²) in [7, 11) is 0. The number of carbonyl (C=O) groups excluding carboxylic acids is 2. The molecule has 4 rings (SSSR count). The molecule has 1 saturated carbocycles. The van der Waals surface area contributed by atoms with E-state index in [0.29, 0.717) is 11.5 Å². The fraction of sp³-hybridized carbons (Fsp3) is 0.500. The third-order valence-electron chi connectivity index (χ3n) is 6.34. The van der Waals surface area contributed by atoms with Gasteiger partial charge in [0.1, 0.15) is 0 Å². The first-order valence-electron chi connectivity index (χ1n) is 11.0. The Balaban J connectivity index is 1.19. The van der Waals surface area contributed by atoms with Crippen LogP contribution in [-0.2, 0) is 0 Å². The zero-order valence-corrected chi connectivity index (χ0v) is 17.0. The van der Waals surface area contributed by atoms with Crippen LogP contribution in [0.25, 0.3) is 0 Å². The van der Waals surface area contributed by atoms with Crippen LogP contribution in [0.1, 0.15) is 55.3 Å². The van der Waals surface area contributed by atoms with E-state index >= 15 is 0 Å². The van der Waals surface area contributed by atoms with Crippen molar-refractivity contribution in [1.29, 1.82) is 0 Å². The van der Waals surface area contributed by atoms with E-state index in [9.17, 15) is 9.59 Å². The number of nitrogens with zero attached hydrogens (tertiary/aromatic N) is 1. The minimum absolute atomic E-state index is 0.129. The van der Waals surface area contributed by atoms with Gasteiger partial charge in [-0.25, -0.2) is 4.79 Å². The molecule has 1 saturated heterocycles. The van der Waals surface area contributed by atoms with Crippen LogP contribution < -0.4 is 10.6 Å². The minimum Gasteiger partial charge on any atom is -0.335 e. The number of imide groups is 1. The third kappa shape index (κ3) is 5.36. The highest BCUT2D eigenvalue weighted by Crippen LogP contribution is 2.34. The Morgan fingerprint density at radius 1 is 1.00 bits per heavy atom. The molecule has 0 bridgehead atoms. The van der Waals surface area contributed by atoms with Gasteiger partial charge in [-0.05, 0) is 74.1 Å². The van der Waals surface area contributed by atoms with E-state index in [2.05, 4.69) is 27.7 Å².